The first-order chi connectivity index (χ1) is 12.1. The minimum absolute atomic E-state index is 0.282. The third-order valence-corrected chi connectivity index (χ3v) is 4.71. The van der Waals surface area contributed by atoms with Crippen LogP contribution >= 0.6 is 11.6 Å². The minimum Gasteiger partial charge on any atom is -0.367 e. The summed E-state index contributed by atoms with van der Waals surface area (Å²) < 4.78 is 13.0. The highest BCUT2D eigenvalue weighted by atomic mass is 35.5. The van der Waals surface area contributed by atoms with Crippen molar-refractivity contribution >= 4 is 28.9 Å². The van der Waals surface area contributed by atoms with Gasteiger partial charge in [0.1, 0.15) is 5.82 Å². The van der Waals surface area contributed by atoms with Gasteiger partial charge in [-0.15, -0.1) is 0 Å². The van der Waals surface area contributed by atoms with Gasteiger partial charge in [0.05, 0.1) is 11.4 Å². The molecular formula is C19H21ClFN3O. The number of nitrogens with one attached hydrogen (secondary N) is 1. The summed E-state index contributed by atoms with van der Waals surface area (Å²) in [5, 5.41) is 3.47. The number of benzene rings is 2. The summed E-state index contributed by atoms with van der Waals surface area (Å²) in [6.45, 7) is 6.98. The average molecular weight is 362 g/mol. The van der Waals surface area contributed by atoms with E-state index >= 15 is 0 Å². The van der Waals surface area contributed by atoms with Crippen molar-refractivity contribution in [2.75, 3.05) is 42.9 Å². The zero-order valence-electron chi connectivity index (χ0n) is 14.1. The van der Waals surface area contributed by atoms with Gasteiger partial charge in [0.15, 0.2) is 0 Å². The molecule has 0 radical (unpaired) electrons. The number of rotatable bonds is 4. The minimum atomic E-state index is -0.367. The smallest absolute Gasteiger partial charge is 0.255 e. The molecule has 1 saturated heterocycles. The first-order valence-corrected chi connectivity index (χ1v) is 8.78. The van der Waals surface area contributed by atoms with Gasteiger partial charge >= 0.3 is 0 Å². The Hall–Kier alpha value is -2.11. The number of hydrogen-bond acceptors (Lipinski definition) is 3. The molecule has 6 heteroatoms. The van der Waals surface area contributed by atoms with E-state index in [4.69, 9.17) is 11.6 Å². The van der Waals surface area contributed by atoms with Crippen LogP contribution in [-0.4, -0.2) is 43.5 Å². The zero-order valence-corrected chi connectivity index (χ0v) is 14.9. The number of carbonyl (C=O) groups is 1. The van der Waals surface area contributed by atoms with E-state index in [9.17, 15) is 9.18 Å². The van der Waals surface area contributed by atoms with Crippen LogP contribution in [0.4, 0.5) is 15.8 Å². The number of hydrogen-bond donors (Lipinski definition) is 1. The predicted molar refractivity (Wildman–Crippen MR) is 100 cm³/mol. The van der Waals surface area contributed by atoms with Gasteiger partial charge in [-0.2, -0.15) is 0 Å². The highest BCUT2D eigenvalue weighted by Gasteiger charge is 2.19. The number of piperazine rings is 1. The van der Waals surface area contributed by atoms with Crippen LogP contribution in [0.5, 0.6) is 0 Å². The van der Waals surface area contributed by atoms with Gasteiger partial charge in [-0.25, -0.2) is 4.39 Å². The Kier molecular flexibility index (Phi) is 5.56. The maximum atomic E-state index is 13.0. The van der Waals surface area contributed by atoms with Crippen molar-refractivity contribution in [3.05, 3.63) is 58.9 Å². The molecule has 1 aliphatic heterocycles. The van der Waals surface area contributed by atoms with Crippen molar-refractivity contribution in [3.8, 4) is 0 Å². The molecule has 1 aliphatic rings. The first-order valence-electron chi connectivity index (χ1n) is 8.40. The molecule has 1 fully saturated rings. The summed E-state index contributed by atoms with van der Waals surface area (Å²) in [6, 6.07) is 11.0. The van der Waals surface area contributed by atoms with E-state index < -0.39 is 0 Å². The van der Waals surface area contributed by atoms with Gasteiger partial charge in [0, 0.05) is 36.8 Å². The van der Waals surface area contributed by atoms with Gasteiger partial charge in [-0.1, -0.05) is 18.5 Å². The number of halogens is 2. The first kappa shape index (κ1) is 17.7. The molecule has 0 aromatic heterocycles. The van der Waals surface area contributed by atoms with Gasteiger partial charge in [0.2, 0.25) is 0 Å². The summed E-state index contributed by atoms with van der Waals surface area (Å²) in [6.07, 6.45) is 0. The molecule has 0 bridgehead atoms. The maximum Gasteiger partial charge on any atom is 0.255 e. The molecule has 0 aliphatic carbocycles. The van der Waals surface area contributed by atoms with E-state index in [-0.39, 0.29) is 11.7 Å². The molecule has 2 aromatic carbocycles. The van der Waals surface area contributed by atoms with Gasteiger partial charge in [0.25, 0.3) is 5.91 Å². The van der Waals surface area contributed by atoms with Crippen molar-refractivity contribution in [1.82, 2.24) is 4.90 Å². The standard InChI is InChI=1S/C19H21ClFN3O/c1-2-23-9-11-24(12-10-23)18-8-5-15(20)13-17(18)22-19(25)14-3-6-16(21)7-4-14/h3-8,13H,2,9-12H2,1H3,(H,22,25). The summed E-state index contributed by atoms with van der Waals surface area (Å²) in [4.78, 5) is 17.1. The fraction of sp³-hybridized carbons (Fsp3) is 0.316. The molecule has 1 heterocycles. The molecule has 132 valence electrons. The summed E-state index contributed by atoms with van der Waals surface area (Å²) in [7, 11) is 0. The molecule has 0 unspecified atom stereocenters. The molecular weight excluding hydrogens is 341 g/mol. The predicted octanol–water partition coefficient (Wildman–Crippen LogP) is 3.87. The number of nitrogens with zero attached hydrogens (tertiary/aromatic N) is 2. The fourth-order valence-electron chi connectivity index (χ4n) is 2.98. The lowest BCUT2D eigenvalue weighted by Gasteiger charge is -2.36. The van der Waals surface area contributed by atoms with Crippen molar-refractivity contribution in [1.29, 1.82) is 0 Å². The Bertz CT molecular complexity index is 743. The van der Waals surface area contributed by atoms with E-state index in [2.05, 4.69) is 22.0 Å². The van der Waals surface area contributed by atoms with E-state index in [1.165, 1.54) is 24.3 Å². The third-order valence-electron chi connectivity index (χ3n) is 4.47. The SMILES string of the molecule is CCN1CCN(c2ccc(Cl)cc2NC(=O)c2ccc(F)cc2)CC1. The van der Waals surface area contributed by atoms with Gasteiger partial charge in [-0.05, 0) is 49.0 Å². The van der Waals surface area contributed by atoms with Crippen LogP contribution in [0.25, 0.3) is 0 Å². The Morgan fingerprint density at radius 2 is 1.80 bits per heavy atom. The normalized spacial score (nSPS) is 15.2. The van der Waals surface area contributed by atoms with Crippen LogP contribution in [0.15, 0.2) is 42.5 Å². The molecule has 0 saturated carbocycles. The molecule has 1 N–H and O–H groups in total. The molecule has 0 spiro atoms. The van der Waals surface area contributed by atoms with Crippen molar-refractivity contribution in [2.45, 2.75) is 6.92 Å². The second kappa shape index (κ2) is 7.85. The molecule has 25 heavy (non-hydrogen) atoms. The maximum absolute atomic E-state index is 13.0. The highest BCUT2D eigenvalue weighted by molar-refractivity contribution is 6.31. The number of anilines is 2. The number of likely N-dealkylation sites (N-methyl/N-ethyl adjacent to an activating group) is 1. The lowest BCUT2D eigenvalue weighted by atomic mass is 10.1. The topological polar surface area (TPSA) is 35.6 Å². The Balaban J connectivity index is 1.79. The number of amides is 1. The molecule has 0 atom stereocenters. The summed E-state index contributed by atoms with van der Waals surface area (Å²) in [5.41, 5.74) is 2.03. The van der Waals surface area contributed by atoms with Crippen LogP contribution < -0.4 is 10.2 Å². The summed E-state index contributed by atoms with van der Waals surface area (Å²) >= 11 is 6.12. The van der Waals surface area contributed by atoms with E-state index in [0.717, 1.165) is 38.4 Å². The Morgan fingerprint density at radius 1 is 1.12 bits per heavy atom. The highest BCUT2D eigenvalue weighted by Crippen LogP contribution is 2.30. The Labute approximate surface area is 152 Å². The lowest BCUT2D eigenvalue weighted by molar-refractivity contribution is 0.102. The van der Waals surface area contributed by atoms with Gasteiger partial charge in [-0.3, -0.25) is 4.79 Å². The second-order valence-electron chi connectivity index (χ2n) is 6.04. The van der Waals surface area contributed by atoms with Crippen LogP contribution in [0.2, 0.25) is 5.02 Å². The largest absolute Gasteiger partial charge is 0.367 e. The van der Waals surface area contributed by atoms with E-state index in [1.807, 2.05) is 12.1 Å². The average Bonchev–Trinajstić information content (AvgIpc) is 2.62. The van der Waals surface area contributed by atoms with E-state index in [0.29, 0.717) is 16.3 Å². The van der Waals surface area contributed by atoms with Crippen molar-refractivity contribution in [3.63, 3.8) is 0 Å². The molecule has 4 nitrogen and oxygen atoms in total. The van der Waals surface area contributed by atoms with Crippen LogP contribution in [0.3, 0.4) is 0 Å². The van der Waals surface area contributed by atoms with Crippen LogP contribution in [0.1, 0.15) is 17.3 Å². The monoisotopic (exact) mass is 361 g/mol. The van der Waals surface area contributed by atoms with Crippen LogP contribution in [0, 0.1) is 5.82 Å². The van der Waals surface area contributed by atoms with E-state index in [1.54, 1.807) is 6.07 Å². The second-order valence-corrected chi connectivity index (χ2v) is 6.48. The lowest BCUT2D eigenvalue weighted by Crippen LogP contribution is -2.46. The third kappa shape index (κ3) is 4.30. The van der Waals surface area contributed by atoms with Gasteiger partial charge < -0.3 is 15.1 Å². The van der Waals surface area contributed by atoms with Crippen LogP contribution in [-0.2, 0) is 0 Å². The zero-order chi connectivity index (χ0) is 17.8. The number of carbonyl (C=O) groups excluding carboxylic acids is 1. The fourth-order valence-corrected chi connectivity index (χ4v) is 3.16. The van der Waals surface area contributed by atoms with Crippen molar-refractivity contribution in [2.24, 2.45) is 0 Å². The quantitative estimate of drug-likeness (QED) is 0.897. The molecule has 3 rings (SSSR count). The van der Waals surface area contributed by atoms with Crippen molar-refractivity contribution < 1.29 is 9.18 Å². The Morgan fingerprint density at radius 3 is 2.44 bits per heavy atom. The molecule has 2 aromatic rings. The molecule has 1 amide bonds. The summed E-state index contributed by atoms with van der Waals surface area (Å²) in [5.74, 6) is -0.649.